The SMILES string of the molecule is O=C(O)c1oc(CO)c2c1CCCC2. The van der Waals surface area contributed by atoms with Crippen molar-refractivity contribution < 1.29 is 19.4 Å². The van der Waals surface area contributed by atoms with Crippen LogP contribution in [0.5, 0.6) is 0 Å². The number of carboxylic acids is 1. The van der Waals surface area contributed by atoms with Gasteiger partial charge in [-0.1, -0.05) is 0 Å². The van der Waals surface area contributed by atoms with E-state index in [-0.39, 0.29) is 12.4 Å². The zero-order valence-corrected chi connectivity index (χ0v) is 7.75. The van der Waals surface area contributed by atoms with Crippen molar-refractivity contribution in [1.82, 2.24) is 0 Å². The minimum atomic E-state index is -1.04. The molecule has 1 aliphatic rings. The van der Waals surface area contributed by atoms with Crippen LogP contribution in [0.25, 0.3) is 0 Å². The molecule has 4 nitrogen and oxygen atoms in total. The largest absolute Gasteiger partial charge is 0.475 e. The van der Waals surface area contributed by atoms with Gasteiger partial charge in [-0.15, -0.1) is 0 Å². The number of hydrogen-bond acceptors (Lipinski definition) is 3. The smallest absolute Gasteiger partial charge is 0.372 e. The molecule has 0 bridgehead atoms. The first kappa shape index (κ1) is 9.27. The summed E-state index contributed by atoms with van der Waals surface area (Å²) in [5, 5.41) is 17.9. The molecule has 0 aliphatic heterocycles. The van der Waals surface area contributed by atoms with Crippen molar-refractivity contribution >= 4 is 5.97 Å². The molecule has 0 unspecified atom stereocenters. The highest BCUT2D eigenvalue weighted by Gasteiger charge is 2.25. The van der Waals surface area contributed by atoms with Gasteiger partial charge in [0.2, 0.25) is 5.76 Å². The summed E-state index contributed by atoms with van der Waals surface area (Å²) in [5.41, 5.74) is 1.70. The highest BCUT2D eigenvalue weighted by atomic mass is 16.4. The second kappa shape index (κ2) is 3.46. The van der Waals surface area contributed by atoms with Crippen LogP contribution in [0.3, 0.4) is 0 Å². The van der Waals surface area contributed by atoms with Gasteiger partial charge >= 0.3 is 5.97 Å². The maximum atomic E-state index is 10.8. The van der Waals surface area contributed by atoms with E-state index in [1.165, 1.54) is 0 Å². The number of carboxylic acid groups (broad SMARTS) is 1. The molecule has 0 fully saturated rings. The van der Waals surface area contributed by atoms with E-state index in [4.69, 9.17) is 14.6 Å². The number of aliphatic hydroxyl groups excluding tert-OH is 1. The summed E-state index contributed by atoms with van der Waals surface area (Å²) >= 11 is 0. The Hall–Kier alpha value is -1.29. The lowest BCUT2D eigenvalue weighted by molar-refractivity contribution is 0.0656. The summed E-state index contributed by atoms with van der Waals surface area (Å²) in [7, 11) is 0. The fourth-order valence-electron chi connectivity index (χ4n) is 2.01. The van der Waals surface area contributed by atoms with E-state index in [2.05, 4.69) is 0 Å². The first-order chi connectivity index (χ1) is 6.74. The molecule has 1 heterocycles. The Kier molecular flexibility index (Phi) is 2.29. The van der Waals surface area contributed by atoms with Gasteiger partial charge in [0.05, 0.1) is 0 Å². The maximum absolute atomic E-state index is 10.8. The Balaban J connectivity index is 2.52. The van der Waals surface area contributed by atoms with Crippen molar-refractivity contribution in [1.29, 1.82) is 0 Å². The van der Waals surface area contributed by atoms with E-state index >= 15 is 0 Å². The summed E-state index contributed by atoms with van der Waals surface area (Å²) < 4.78 is 5.13. The first-order valence-corrected chi connectivity index (χ1v) is 4.71. The van der Waals surface area contributed by atoms with Crippen molar-refractivity contribution in [3.8, 4) is 0 Å². The number of furan rings is 1. The molecule has 1 aromatic rings. The Morgan fingerprint density at radius 2 is 1.93 bits per heavy atom. The minimum Gasteiger partial charge on any atom is -0.475 e. The predicted molar refractivity (Wildman–Crippen MR) is 48.2 cm³/mol. The molecule has 14 heavy (non-hydrogen) atoms. The van der Waals surface area contributed by atoms with E-state index < -0.39 is 5.97 Å². The molecule has 0 amide bonds. The maximum Gasteiger partial charge on any atom is 0.372 e. The van der Waals surface area contributed by atoms with E-state index in [1.54, 1.807) is 0 Å². The number of hydrogen-bond donors (Lipinski definition) is 2. The second-order valence-electron chi connectivity index (χ2n) is 3.48. The second-order valence-corrected chi connectivity index (χ2v) is 3.48. The predicted octanol–water partition coefficient (Wildman–Crippen LogP) is 1.35. The van der Waals surface area contributed by atoms with Crippen LogP contribution < -0.4 is 0 Å². The van der Waals surface area contributed by atoms with E-state index in [0.29, 0.717) is 5.76 Å². The topological polar surface area (TPSA) is 70.7 Å². The fraction of sp³-hybridized carbons (Fsp3) is 0.500. The van der Waals surface area contributed by atoms with Gasteiger partial charge in [0.1, 0.15) is 12.4 Å². The molecule has 0 aromatic carbocycles. The number of aliphatic hydroxyl groups is 1. The zero-order chi connectivity index (χ0) is 10.1. The molecule has 2 N–H and O–H groups in total. The molecule has 4 heteroatoms. The van der Waals surface area contributed by atoms with E-state index in [9.17, 15) is 4.79 Å². The molecule has 76 valence electrons. The lowest BCUT2D eigenvalue weighted by atomic mass is 9.92. The first-order valence-electron chi connectivity index (χ1n) is 4.71. The van der Waals surface area contributed by atoms with Crippen LogP contribution in [0.15, 0.2) is 4.42 Å². The molecule has 0 atom stereocenters. The van der Waals surface area contributed by atoms with Gasteiger partial charge in [0, 0.05) is 11.1 Å². The Bertz CT molecular complexity index is 364. The molecular weight excluding hydrogens is 184 g/mol. The molecular formula is C10H12O4. The Labute approximate surface area is 81.2 Å². The third-order valence-corrected chi connectivity index (χ3v) is 2.64. The van der Waals surface area contributed by atoms with Gasteiger partial charge in [0.25, 0.3) is 0 Å². The average molecular weight is 196 g/mol. The van der Waals surface area contributed by atoms with Gasteiger partial charge in [0.15, 0.2) is 0 Å². The van der Waals surface area contributed by atoms with E-state index in [1.807, 2.05) is 0 Å². The van der Waals surface area contributed by atoms with Crippen LogP contribution in [0.2, 0.25) is 0 Å². The molecule has 1 aromatic heterocycles. The Morgan fingerprint density at radius 3 is 2.50 bits per heavy atom. The normalized spacial score (nSPS) is 15.2. The number of carbonyl (C=O) groups is 1. The summed E-state index contributed by atoms with van der Waals surface area (Å²) in [6.07, 6.45) is 3.61. The van der Waals surface area contributed by atoms with Gasteiger partial charge in [-0.25, -0.2) is 4.79 Å². The van der Waals surface area contributed by atoms with Crippen molar-refractivity contribution in [2.24, 2.45) is 0 Å². The molecule has 0 spiro atoms. The zero-order valence-electron chi connectivity index (χ0n) is 7.75. The number of fused-ring (bicyclic) bond motifs is 1. The third-order valence-electron chi connectivity index (χ3n) is 2.64. The molecule has 0 radical (unpaired) electrons. The molecule has 0 saturated carbocycles. The molecule has 0 saturated heterocycles. The average Bonchev–Trinajstić information content (AvgIpc) is 2.56. The van der Waals surface area contributed by atoms with Crippen LogP contribution >= 0.6 is 0 Å². The Morgan fingerprint density at radius 1 is 1.29 bits per heavy atom. The van der Waals surface area contributed by atoms with E-state index in [0.717, 1.165) is 36.8 Å². The van der Waals surface area contributed by atoms with Crippen LogP contribution in [0.4, 0.5) is 0 Å². The molecule has 2 rings (SSSR count). The fourth-order valence-corrected chi connectivity index (χ4v) is 2.01. The van der Waals surface area contributed by atoms with Gasteiger partial charge in [-0.3, -0.25) is 0 Å². The quantitative estimate of drug-likeness (QED) is 0.749. The highest BCUT2D eigenvalue weighted by molar-refractivity contribution is 5.87. The van der Waals surface area contributed by atoms with Crippen molar-refractivity contribution in [2.75, 3.05) is 0 Å². The third kappa shape index (κ3) is 1.32. The summed E-state index contributed by atoms with van der Waals surface area (Å²) in [6, 6.07) is 0. The van der Waals surface area contributed by atoms with Crippen LogP contribution in [0.1, 0.15) is 40.3 Å². The number of rotatable bonds is 2. The van der Waals surface area contributed by atoms with Crippen LogP contribution in [-0.2, 0) is 19.4 Å². The van der Waals surface area contributed by atoms with Gasteiger partial charge in [-0.2, -0.15) is 0 Å². The standard InChI is InChI=1S/C10H12O4/c11-5-8-6-3-1-2-4-7(6)9(14-8)10(12)13/h11H,1-5H2,(H,12,13). The summed E-state index contributed by atoms with van der Waals surface area (Å²) in [6.45, 7) is -0.213. The monoisotopic (exact) mass is 196 g/mol. The summed E-state index contributed by atoms with van der Waals surface area (Å²) in [5.74, 6) is -0.594. The van der Waals surface area contributed by atoms with Crippen LogP contribution in [0, 0.1) is 0 Å². The van der Waals surface area contributed by atoms with Crippen molar-refractivity contribution in [2.45, 2.75) is 32.3 Å². The highest BCUT2D eigenvalue weighted by Crippen LogP contribution is 2.30. The van der Waals surface area contributed by atoms with Crippen molar-refractivity contribution in [3.63, 3.8) is 0 Å². The van der Waals surface area contributed by atoms with Crippen LogP contribution in [-0.4, -0.2) is 16.2 Å². The number of aromatic carboxylic acids is 1. The minimum absolute atomic E-state index is 0.0174. The lowest BCUT2D eigenvalue weighted by Gasteiger charge is -2.10. The van der Waals surface area contributed by atoms with Gasteiger partial charge in [-0.05, 0) is 25.7 Å². The summed E-state index contributed by atoms with van der Waals surface area (Å²) in [4.78, 5) is 10.8. The van der Waals surface area contributed by atoms with Gasteiger partial charge < -0.3 is 14.6 Å². The molecule has 1 aliphatic carbocycles. The van der Waals surface area contributed by atoms with Crippen molar-refractivity contribution in [3.05, 3.63) is 22.6 Å². The lowest BCUT2D eigenvalue weighted by Crippen LogP contribution is -2.05.